The van der Waals surface area contributed by atoms with Crippen molar-refractivity contribution in [3.05, 3.63) is 52.4 Å². The van der Waals surface area contributed by atoms with Crippen LogP contribution in [0.5, 0.6) is 0 Å². The number of nitrogens with one attached hydrogen (secondary N) is 1. The molecule has 5 nitrogen and oxygen atoms in total. The molecule has 1 N–H and O–H groups in total. The van der Waals surface area contributed by atoms with Crippen molar-refractivity contribution in [2.24, 2.45) is 0 Å². The van der Waals surface area contributed by atoms with E-state index in [2.05, 4.69) is 4.72 Å². The standard InChI is InChI=1S/C18H21ClN2O3S3/c19-15-5-3-14(4-6-15)12-25-13-17(22)21-9-7-16(8-10-21)20-27(23,24)18-2-1-11-26-18/h1-6,11,16,20H,7-10,12-13H2. The number of likely N-dealkylation sites (tertiary alicyclic amines) is 1. The van der Waals surface area contributed by atoms with Gasteiger partial charge >= 0.3 is 0 Å². The Morgan fingerprint density at radius 3 is 2.56 bits per heavy atom. The smallest absolute Gasteiger partial charge is 0.250 e. The molecule has 27 heavy (non-hydrogen) atoms. The molecule has 0 unspecified atom stereocenters. The Morgan fingerprint density at radius 2 is 1.93 bits per heavy atom. The van der Waals surface area contributed by atoms with Crippen LogP contribution >= 0.6 is 34.7 Å². The first-order chi connectivity index (χ1) is 12.9. The van der Waals surface area contributed by atoms with Crippen molar-refractivity contribution in [3.8, 4) is 0 Å². The summed E-state index contributed by atoms with van der Waals surface area (Å²) >= 11 is 8.65. The quantitative estimate of drug-likeness (QED) is 0.708. The highest BCUT2D eigenvalue weighted by atomic mass is 35.5. The lowest BCUT2D eigenvalue weighted by atomic mass is 10.1. The average molecular weight is 445 g/mol. The summed E-state index contributed by atoms with van der Waals surface area (Å²) in [4.78, 5) is 14.2. The topological polar surface area (TPSA) is 66.5 Å². The second-order valence-corrected chi connectivity index (χ2v) is 10.6. The van der Waals surface area contributed by atoms with Crippen LogP contribution in [0.2, 0.25) is 5.02 Å². The molecule has 2 heterocycles. The number of thioether (sulfide) groups is 1. The van der Waals surface area contributed by atoms with Gasteiger partial charge in [-0.2, -0.15) is 0 Å². The van der Waals surface area contributed by atoms with Gasteiger partial charge in [-0.15, -0.1) is 23.1 Å². The minimum absolute atomic E-state index is 0.105. The first kappa shape index (κ1) is 20.7. The highest BCUT2D eigenvalue weighted by Crippen LogP contribution is 2.20. The van der Waals surface area contributed by atoms with Gasteiger partial charge in [-0.25, -0.2) is 13.1 Å². The number of hydrogen-bond acceptors (Lipinski definition) is 5. The SMILES string of the molecule is O=C(CSCc1ccc(Cl)cc1)N1CCC(NS(=O)(=O)c2cccs2)CC1. The van der Waals surface area contributed by atoms with Crippen molar-refractivity contribution in [1.29, 1.82) is 0 Å². The highest BCUT2D eigenvalue weighted by Gasteiger charge is 2.26. The van der Waals surface area contributed by atoms with Gasteiger partial charge < -0.3 is 4.90 Å². The molecule has 1 saturated heterocycles. The summed E-state index contributed by atoms with van der Waals surface area (Å²) in [5.41, 5.74) is 1.14. The van der Waals surface area contributed by atoms with Crippen LogP contribution in [0.3, 0.4) is 0 Å². The van der Waals surface area contributed by atoms with Crippen LogP contribution in [0.4, 0.5) is 0 Å². The lowest BCUT2D eigenvalue weighted by Crippen LogP contribution is -2.46. The van der Waals surface area contributed by atoms with Crippen LogP contribution in [0.1, 0.15) is 18.4 Å². The van der Waals surface area contributed by atoms with Gasteiger partial charge in [-0.1, -0.05) is 29.8 Å². The molecular formula is C18H21ClN2O3S3. The van der Waals surface area contributed by atoms with E-state index in [9.17, 15) is 13.2 Å². The maximum Gasteiger partial charge on any atom is 0.250 e. The predicted octanol–water partition coefficient (Wildman–Crippen LogP) is 3.60. The number of benzene rings is 1. The number of piperidine rings is 1. The van der Waals surface area contributed by atoms with Crippen LogP contribution < -0.4 is 4.72 Å². The highest BCUT2D eigenvalue weighted by molar-refractivity contribution is 7.99. The number of rotatable bonds is 7. The third kappa shape index (κ3) is 5.96. The summed E-state index contributed by atoms with van der Waals surface area (Å²) < 4.78 is 27.7. The van der Waals surface area contributed by atoms with E-state index in [4.69, 9.17) is 11.6 Å². The van der Waals surface area contributed by atoms with Crippen LogP contribution in [-0.4, -0.2) is 44.1 Å². The maximum absolute atomic E-state index is 12.4. The number of halogens is 1. The Balaban J connectivity index is 1.40. The first-order valence-electron chi connectivity index (χ1n) is 8.60. The van der Waals surface area contributed by atoms with Gasteiger partial charge in [0.05, 0.1) is 5.75 Å². The zero-order chi connectivity index (χ0) is 19.3. The molecular weight excluding hydrogens is 424 g/mol. The van der Waals surface area contributed by atoms with Gasteiger partial charge in [-0.05, 0) is 42.0 Å². The van der Waals surface area contributed by atoms with E-state index < -0.39 is 10.0 Å². The molecule has 1 aliphatic rings. The van der Waals surface area contributed by atoms with Gasteiger partial charge in [0.2, 0.25) is 15.9 Å². The van der Waals surface area contributed by atoms with E-state index in [1.807, 2.05) is 29.2 Å². The van der Waals surface area contributed by atoms with Crippen molar-refractivity contribution in [2.45, 2.75) is 28.8 Å². The predicted molar refractivity (Wildman–Crippen MR) is 112 cm³/mol. The molecule has 1 fully saturated rings. The van der Waals surface area contributed by atoms with E-state index in [0.29, 0.717) is 40.9 Å². The summed E-state index contributed by atoms with van der Waals surface area (Å²) in [6.07, 6.45) is 1.27. The number of carbonyl (C=O) groups excluding carboxylic acids is 1. The van der Waals surface area contributed by atoms with E-state index in [1.165, 1.54) is 11.3 Å². The average Bonchev–Trinajstić information content (AvgIpc) is 3.19. The van der Waals surface area contributed by atoms with Gasteiger partial charge in [0, 0.05) is 29.9 Å². The third-order valence-electron chi connectivity index (χ3n) is 4.34. The summed E-state index contributed by atoms with van der Waals surface area (Å²) in [6.45, 7) is 1.16. The third-order valence-corrected chi connectivity index (χ3v) is 8.50. The Kier molecular flexibility index (Phi) is 7.22. The second kappa shape index (κ2) is 9.43. The molecule has 3 rings (SSSR count). The lowest BCUT2D eigenvalue weighted by molar-refractivity contribution is -0.129. The number of hydrogen-bond donors (Lipinski definition) is 1. The number of amides is 1. The molecule has 1 aliphatic heterocycles. The Morgan fingerprint density at radius 1 is 1.22 bits per heavy atom. The molecule has 1 aromatic heterocycles. The van der Waals surface area contributed by atoms with Crippen molar-refractivity contribution in [2.75, 3.05) is 18.8 Å². The molecule has 2 aromatic rings. The van der Waals surface area contributed by atoms with Crippen LogP contribution in [0.15, 0.2) is 46.0 Å². The molecule has 146 valence electrons. The van der Waals surface area contributed by atoms with Crippen LogP contribution in [0, 0.1) is 0 Å². The summed E-state index contributed by atoms with van der Waals surface area (Å²) in [7, 11) is -3.45. The van der Waals surface area contributed by atoms with Crippen molar-refractivity contribution in [1.82, 2.24) is 9.62 Å². The summed E-state index contributed by atoms with van der Waals surface area (Å²) in [5, 5.41) is 2.45. The zero-order valence-electron chi connectivity index (χ0n) is 14.6. The molecule has 0 bridgehead atoms. The van der Waals surface area contributed by atoms with Crippen molar-refractivity contribution >= 4 is 50.6 Å². The van der Waals surface area contributed by atoms with Crippen molar-refractivity contribution in [3.63, 3.8) is 0 Å². The zero-order valence-corrected chi connectivity index (χ0v) is 17.8. The number of carbonyl (C=O) groups is 1. The molecule has 0 saturated carbocycles. The summed E-state index contributed by atoms with van der Waals surface area (Å²) in [6, 6.07) is 10.8. The van der Waals surface area contributed by atoms with Gasteiger partial charge in [0.1, 0.15) is 4.21 Å². The van der Waals surface area contributed by atoms with Crippen LogP contribution in [0.25, 0.3) is 0 Å². The largest absolute Gasteiger partial charge is 0.342 e. The molecule has 0 aliphatic carbocycles. The van der Waals surface area contributed by atoms with E-state index >= 15 is 0 Å². The second-order valence-electron chi connectivity index (χ2n) is 6.33. The first-order valence-corrected chi connectivity index (χ1v) is 12.5. The number of thiophene rings is 1. The van der Waals surface area contributed by atoms with Gasteiger partial charge in [0.15, 0.2) is 0 Å². The van der Waals surface area contributed by atoms with E-state index in [-0.39, 0.29) is 11.9 Å². The fourth-order valence-corrected chi connectivity index (χ4v) is 6.20. The normalized spacial score (nSPS) is 15.8. The molecule has 0 spiro atoms. The molecule has 1 amide bonds. The minimum Gasteiger partial charge on any atom is -0.342 e. The monoisotopic (exact) mass is 444 g/mol. The number of sulfonamides is 1. The van der Waals surface area contributed by atoms with Gasteiger partial charge in [-0.3, -0.25) is 4.79 Å². The fourth-order valence-electron chi connectivity index (χ4n) is 2.87. The summed E-state index contributed by atoms with van der Waals surface area (Å²) in [5.74, 6) is 1.29. The Labute approximate surface area is 173 Å². The number of nitrogens with zero attached hydrogens (tertiary/aromatic N) is 1. The Bertz CT molecular complexity index is 846. The molecule has 9 heteroatoms. The van der Waals surface area contributed by atoms with Crippen LogP contribution in [-0.2, 0) is 20.6 Å². The van der Waals surface area contributed by atoms with E-state index in [1.54, 1.807) is 29.3 Å². The fraction of sp³-hybridized carbons (Fsp3) is 0.389. The Hall–Kier alpha value is -1.06. The minimum atomic E-state index is -3.45. The lowest BCUT2D eigenvalue weighted by Gasteiger charge is -2.32. The molecule has 1 aromatic carbocycles. The van der Waals surface area contributed by atoms with Gasteiger partial charge in [0.25, 0.3) is 0 Å². The maximum atomic E-state index is 12.4. The van der Waals surface area contributed by atoms with Crippen molar-refractivity contribution < 1.29 is 13.2 Å². The molecule has 0 radical (unpaired) electrons. The van der Waals surface area contributed by atoms with E-state index in [0.717, 1.165) is 11.3 Å². The molecule has 0 atom stereocenters.